The third-order valence-electron chi connectivity index (χ3n) is 10.6. The van der Waals surface area contributed by atoms with Crippen LogP contribution in [-0.4, -0.2) is 102 Å². The van der Waals surface area contributed by atoms with Crippen molar-refractivity contribution in [3.63, 3.8) is 0 Å². The van der Waals surface area contributed by atoms with Gasteiger partial charge in [-0.2, -0.15) is 19.6 Å². The van der Waals surface area contributed by atoms with E-state index in [4.69, 9.17) is 9.47 Å². The van der Waals surface area contributed by atoms with Gasteiger partial charge in [-0.1, -0.05) is 75.4 Å². The highest BCUT2D eigenvalue weighted by atomic mass is 19.1. The first kappa shape index (κ1) is 56.5. The molecule has 6 aromatic rings. The first-order valence-electron chi connectivity index (χ1n) is 23.5. The summed E-state index contributed by atoms with van der Waals surface area (Å²) in [5.74, 6) is -1.44. The van der Waals surface area contributed by atoms with Crippen LogP contribution < -0.4 is 16.0 Å². The molecule has 4 amide bonds. The lowest BCUT2D eigenvalue weighted by Gasteiger charge is -2.24. The summed E-state index contributed by atoms with van der Waals surface area (Å²) in [6.45, 7) is 17.3. The number of aromatic nitrogens is 4. The minimum atomic E-state index is -1.25. The van der Waals surface area contributed by atoms with Crippen molar-refractivity contribution in [3.05, 3.63) is 155 Å². The largest absolute Gasteiger partial charge is 0.463 e. The number of carbonyl (C=O) groups is 6. The van der Waals surface area contributed by atoms with E-state index < -0.39 is 46.9 Å². The van der Waals surface area contributed by atoms with Crippen LogP contribution in [0.3, 0.4) is 0 Å². The molecule has 2 aromatic heterocycles. The summed E-state index contributed by atoms with van der Waals surface area (Å²) >= 11 is 0. The molecule has 392 valence electrons. The lowest BCUT2D eigenvalue weighted by molar-refractivity contribution is 0.0508. The first-order chi connectivity index (χ1) is 34.7. The first-order valence-corrected chi connectivity index (χ1v) is 23.5. The Hall–Kier alpha value is -8.42. The fourth-order valence-corrected chi connectivity index (χ4v) is 7.25. The van der Waals surface area contributed by atoms with Crippen molar-refractivity contribution in [1.29, 1.82) is 0 Å². The quantitative estimate of drug-likeness (QED) is 0.0686. The van der Waals surface area contributed by atoms with Gasteiger partial charge in [-0.25, -0.2) is 28.0 Å². The van der Waals surface area contributed by atoms with E-state index in [-0.39, 0.29) is 50.3 Å². The monoisotopic (exact) mass is 1020 g/mol. The number of halogens is 2. The number of hydrogen-bond acceptors (Lipinski definition) is 10. The second-order valence-corrected chi connectivity index (χ2v) is 20.0. The molecule has 0 aliphatic heterocycles. The molecule has 0 bridgehead atoms. The molecule has 0 saturated heterocycles. The molecule has 4 aromatic carbocycles. The Bertz CT molecular complexity index is 2930. The smallest absolute Gasteiger partial charge is 0.432 e. The van der Waals surface area contributed by atoms with Gasteiger partial charge in [0.05, 0.1) is 17.5 Å². The Kier molecular flexibility index (Phi) is 18.6. The number of rotatable bonds is 14. The number of nitrogens with zero attached hydrogens (tertiary/aromatic N) is 5. The van der Waals surface area contributed by atoms with Gasteiger partial charge in [0.1, 0.15) is 22.8 Å². The van der Waals surface area contributed by atoms with Crippen LogP contribution in [0.5, 0.6) is 0 Å². The molecule has 0 spiro atoms. The van der Waals surface area contributed by atoms with E-state index >= 15 is 0 Å². The third-order valence-corrected chi connectivity index (χ3v) is 10.6. The lowest BCUT2D eigenvalue weighted by Crippen LogP contribution is -2.40. The van der Waals surface area contributed by atoms with E-state index in [1.165, 1.54) is 42.9 Å². The molecule has 0 atom stereocenters. The van der Waals surface area contributed by atoms with Crippen molar-refractivity contribution < 1.29 is 57.2 Å². The summed E-state index contributed by atoms with van der Waals surface area (Å²) in [5, 5.41) is 34.8. The topological polar surface area (TPSA) is 236 Å². The van der Waals surface area contributed by atoms with E-state index in [2.05, 4.69) is 26.1 Å². The van der Waals surface area contributed by atoms with Gasteiger partial charge in [0.2, 0.25) is 0 Å². The number of carboxylic acid groups (broad SMARTS) is 2. The van der Waals surface area contributed by atoms with Crippen molar-refractivity contribution in [1.82, 2.24) is 40.4 Å². The molecule has 0 saturated carbocycles. The van der Waals surface area contributed by atoms with Crippen molar-refractivity contribution >= 4 is 36.2 Å². The molecule has 18 nitrogen and oxygen atoms in total. The molecule has 20 heteroatoms. The Morgan fingerprint density at radius 2 is 1.19 bits per heavy atom. The molecule has 5 N–H and O–H groups in total. The molecule has 6 rings (SSSR count). The highest BCUT2D eigenvalue weighted by molar-refractivity contribution is 6.02. The normalized spacial score (nSPS) is 11.4. The molecule has 0 unspecified atom stereocenters. The predicted octanol–water partition coefficient (Wildman–Crippen LogP) is 9.89. The van der Waals surface area contributed by atoms with Crippen molar-refractivity contribution in [3.8, 4) is 22.3 Å². The van der Waals surface area contributed by atoms with Crippen LogP contribution in [0, 0.1) is 11.6 Å². The molecule has 0 aliphatic carbocycles. The van der Waals surface area contributed by atoms with Gasteiger partial charge in [-0.3, -0.25) is 9.59 Å². The van der Waals surface area contributed by atoms with Crippen LogP contribution in [0.2, 0.25) is 0 Å². The second kappa shape index (κ2) is 24.3. The van der Waals surface area contributed by atoms with Gasteiger partial charge in [0.15, 0.2) is 0 Å². The van der Waals surface area contributed by atoms with Gasteiger partial charge < -0.3 is 40.5 Å². The highest BCUT2D eigenvalue weighted by Gasteiger charge is 2.26. The van der Waals surface area contributed by atoms with Crippen LogP contribution >= 0.6 is 0 Å². The number of hydrogen-bond donors (Lipinski definition) is 5. The van der Waals surface area contributed by atoms with E-state index in [9.17, 15) is 47.8 Å². The predicted molar refractivity (Wildman–Crippen MR) is 272 cm³/mol. The second-order valence-electron chi connectivity index (χ2n) is 20.0. The van der Waals surface area contributed by atoms with E-state index in [1.807, 2.05) is 20.8 Å². The molecule has 0 radical (unpaired) electrons. The van der Waals surface area contributed by atoms with Crippen LogP contribution in [0.1, 0.15) is 105 Å². The van der Waals surface area contributed by atoms with Gasteiger partial charge >= 0.3 is 24.4 Å². The number of benzene rings is 4. The standard InChI is InChI=1S/C29H35FN4O5.C25H27FN4O5/c1-28(2,3)24-23(18-34(32-24)27(37)38)20-9-11-21(12-10-20)25(35)33(17-19-7-13-22(30)14-8-19)16-15-31-26(36)39-29(4,5)6;1-25(2,3)35-23(32)27-12-11-17-5-4-6-20(18-14-29-30(15-18)24(33)34)21(17)22(31)28-13-16-7-9-19(26)10-8-16/h7-14,18H,15-17H2,1-6H3,(H,31,36)(H,37,38);4-10,14-15H,11-13H2,1-3H3,(H,27,32)(H,28,31)(H,33,34). The van der Waals surface area contributed by atoms with E-state index in [0.29, 0.717) is 51.1 Å². The number of nitrogens with one attached hydrogen (secondary N) is 3. The number of alkyl carbamates (subject to hydrolysis) is 2. The fraction of sp³-hybridized carbons (Fsp3) is 0.333. The Morgan fingerprint density at radius 3 is 1.72 bits per heavy atom. The van der Waals surface area contributed by atoms with Crippen LogP contribution in [0.15, 0.2) is 110 Å². The van der Waals surface area contributed by atoms with Gasteiger partial charge in [0, 0.05) is 67.2 Å². The number of amides is 4. The van der Waals surface area contributed by atoms with Crippen LogP contribution in [0.25, 0.3) is 22.3 Å². The summed E-state index contributed by atoms with van der Waals surface area (Å²) in [4.78, 5) is 75.2. The van der Waals surface area contributed by atoms with Gasteiger partial charge in [-0.15, -0.1) is 0 Å². The van der Waals surface area contributed by atoms with Crippen molar-refractivity contribution in [2.75, 3.05) is 19.6 Å². The summed E-state index contributed by atoms with van der Waals surface area (Å²) in [6.07, 6.45) is 0.866. The van der Waals surface area contributed by atoms with Crippen LogP contribution in [0.4, 0.5) is 28.0 Å². The van der Waals surface area contributed by atoms with Crippen LogP contribution in [-0.2, 0) is 34.4 Å². The Morgan fingerprint density at radius 1 is 0.635 bits per heavy atom. The van der Waals surface area contributed by atoms with E-state index in [1.54, 1.807) is 113 Å². The molecule has 2 heterocycles. The summed E-state index contributed by atoms with van der Waals surface area (Å²) < 4.78 is 38.8. The maximum absolute atomic E-state index is 13.5. The number of ether oxygens (including phenoxy) is 2. The van der Waals surface area contributed by atoms with Gasteiger partial charge in [-0.05, 0) is 112 Å². The minimum absolute atomic E-state index is 0.156. The third kappa shape index (κ3) is 16.8. The minimum Gasteiger partial charge on any atom is -0.463 e. The average Bonchev–Trinajstić information content (AvgIpc) is 4.01. The average molecular weight is 1020 g/mol. The molecule has 0 aliphatic rings. The maximum Gasteiger partial charge on any atom is 0.432 e. The SMILES string of the molecule is CC(C)(C)OC(=O)NCCN(Cc1ccc(F)cc1)C(=O)c1ccc(-c2cn(C(=O)O)nc2C(C)(C)C)cc1.CC(C)(C)OC(=O)NCCc1cccc(-c2cnn(C(=O)O)c2)c1C(=O)NCc1ccc(F)cc1. The summed E-state index contributed by atoms with van der Waals surface area (Å²) in [5.41, 5.74) is 4.05. The molecular weight excluding hydrogens is 959 g/mol. The molecular formula is C54H62F2N8O10. The van der Waals surface area contributed by atoms with E-state index in [0.717, 1.165) is 20.5 Å². The maximum atomic E-state index is 13.5. The zero-order valence-electron chi connectivity index (χ0n) is 42.8. The fourth-order valence-electron chi connectivity index (χ4n) is 7.25. The lowest BCUT2D eigenvalue weighted by atomic mass is 9.87. The number of carbonyl (C=O) groups excluding carboxylic acids is 4. The summed E-state index contributed by atoms with van der Waals surface area (Å²) in [7, 11) is 0. The molecule has 0 fully saturated rings. The zero-order chi connectivity index (χ0) is 54.5. The zero-order valence-corrected chi connectivity index (χ0v) is 42.8. The van der Waals surface area contributed by atoms with Crippen molar-refractivity contribution in [2.45, 2.75) is 98.4 Å². The highest BCUT2D eigenvalue weighted by Crippen LogP contribution is 2.33. The Balaban J connectivity index is 0.000000276. The Labute approximate surface area is 427 Å². The molecule has 74 heavy (non-hydrogen) atoms. The summed E-state index contributed by atoms with van der Waals surface area (Å²) in [6, 6.07) is 23.7. The van der Waals surface area contributed by atoms with Crippen molar-refractivity contribution in [2.24, 2.45) is 0 Å². The van der Waals surface area contributed by atoms with Gasteiger partial charge in [0.25, 0.3) is 11.8 Å².